The van der Waals surface area contributed by atoms with Crippen molar-refractivity contribution in [3.63, 3.8) is 0 Å². The van der Waals surface area contributed by atoms with Crippen molar-refractivity contribution < 1.29 is 28.6 Å². The molecule has 0 aliphatic carbocycles. The number of allylic oxidation sites excluding steroid dienone is 20. The Kier molecular flexibility index (Phi) is 46.1. The first-order valence-corrected chi connectivity index (χ1v) is 24.6. The Morgan fingerprint density at radius 1 is 0.355 bits per heavy atom. The molecule has 0 N–H and O–H groups in total. The zero-order chi connectivity index (χ0) is 45.1. The molecule has 6 heteroatoms. The first-order chi connectivity index (χ1) is 30.5. The summed E-state index contributed by atoms with van der Waals surface area (Å²) in [5, 5.41) is 0. The van der Waals surface area contributed by atoms with E-state index in [0.29, 0.717) is 12.8 Å². The van der Waals surface area contributed by atoms with E-state index in [2.05, 4.69) is 118 Å². The normalized spacial score (nSPS) is 13.1. The number of rotatable bonds is 42. The Morgan fingerprint density at radius 3 is 1.23 bits per heavy atom. The third kappa shape index (κ3) is 46.9. The topological polar surface area (TPSA) is 78.9 Å². The number of hydrogen-bond acceptors (Lipinski definition) is 6. The fourth-order valence-electron chi connectivity index (χ4n) is 6.18. The second-order valence-corrected chi connectivity index (χ2v) is 15.8. The zero-order valence-corrected chi connectivity index (χ0v) is 39.6. The predicted octanol–water partition coefficient (Wildman–Crippen LogP) is 16.1. The molecule has 0 saturated heterocycles. The van der Waals surface area contributed by atoms with E-state index in [1.807, 2.05) is 24.3 Å². The van der Waals surface area contributed by atoms with Crippen molar-refractivity contribution in [3.8, 4) is 0 Å². The van der Waals surface area contributed by atoms with Crippen molar-refractivity contribution in [2.24, 2.45) is 0 Å². The summed E-state index contributed by atoms with van der Waals surface area (Å²) in [7, 11) is 0. The van der Waals surface area contributed by atoms with Crippen molar-refractivity contribution in [2.75, 3.05) is 13.2 Å². The maximum absolute atomic E-state index is 12.8. The Morgan fingerprint density at radius 2 is 0.726 bits per heavy atom. The van der Waals surface area contributed by atoms with Gasteiger partial charge in [-0.1, -0.05) is 206 Å². The maximum atomic E-state index is 12.8. The van der Waals surface area contributed by atoms with Gasteiger partial charge in [0.15, 0.2) is 6.10 Å². The monoisotopic (exact) mass is 857 g/mol. The van der Waals surface area contributed by atoms with Crippen LogP contribution in [0.25, 0.3) is 0 Å². The van der Waals surface area contributed by atoms with Crippen LogP contribution in [0.3, 0.4) is 0 Å². The fraction of sp³-hybridized carbons (Fsp3) is 0.589. The highest BCUT2D eigenvalue weighted by Gasteiger charge is 2.19. The number of carbonyl (C=O) groups excluding carboxylic acids is 3. The molecule has 348 valence electrons. The number of ether oxygens (including phenoxy) is 3. The molecular weight excluding hydrogens is 769 g/mol. The fourth-order valence-corrected chi connectivity index (χ4v) is 6.18. The molecule has 62 heavy (non-hydrogen) atoms. The number of hydrogen-bond donors (Lipinski definition) is 0. The van der Waals surface area contributed by atoms with Crippen LogP contribution in [0.4, 0.5) is 0 Å². The SMILES string of the molecule is CC\C=C/C=C\C=C/C=C\CCCCCCCC(=O)OC(COC(=O)CCC/C=C\C/C=C\C/C=C\CC)COC(=O)CCCCCCC\C=C/C=C\C=C/CCCCCCC. The minimum Gasteiger partial charge on any atom is -0.462 e. The molecule has 0 spiro atoms. The lowest BCUT2D eigenvalue weighted by atomic mass is 10.1. The molecule has 0 bridgehead atoms. The summed E-state index contributed by atoms with van der Waals surface area (Å²) in [5.41, 5.74) is 0. The number of unbranched alkanes of at least 4 members (excludes halogenated alkanes) is 16. The van der Waals surface area contributed by atoms with Crippen molar-refractivity contribution in [1.29, 1.82) is 0 Å². The summed E-state index contributed by atoms with van der Waals surface area (Å²) in [6, 6.07) is 0. The quantitative estimate of drug-likeness (QED) is 0.0200. The van der Waals surface area contributed by atoms with Crippen molar-refractivity contribution in [2.45, 2.75) is 200 Å². The van der Waals surface area contributed by atoms with E-state index in [1.165, 1.54) is 32.1 Å². The molecule has 6 nitrogen and oxygen atoms in total. The summed E-state index contributed by atoms with van der Waals surface area (Å²) in [6.07, 6.45) is 67.6. The van der Waals surface area contributed by atoms with Gasteiger partial charge in [-0.3, -0.25) is 14.4 Å². The zero-order valence-electron chi connectivity index (χ0n) is 39.6. The largest absolute Gasteiger partial charge is 0.462 e. The van der Waals surface area contributed by atoms with Crippen LogP contribution in [0.15, 0.2) is 122 Å². The van der Waals surface area contributed by atoms with Gasteiger partial charge >= 0.3 is 17.9 Å². The molecule has 0 rings (SSSR count). The average Bonchev–Trinajstić information content (AvgIpc) is 3.27. The van der Waals surface area contributed by atoms with E-state index >= 15 is 0 Å². The van der Waals surface area contributed by atoms with Crippen LogP contribution < -0.4 is 0 Å². The Hall–Kier alpha value is -4.19. The summed E-state index contributed by atoms with van der Waals surface area (Å²) < 4.78 is 16.7. The highest BCUT2D eigenvalue weighted by molar-refractivity contribution is 5.71. The molecule has 0 aromatic heterocycles. The first-order valence-electron chi connectivity index (χ1n) is 24.6. The van der Waals surface area contributed by atoms with Gasteiger partial charge in [-0.15, -0.1) is 0 Å². The second-order valence-electron chi connectivity index (χ2n) is 15.8. The molecule has 0 amide bonds. The van der Waals surface area contributed by atoms with Gasteiger partial charge in [-0.25, -0.2) is 0 Å². The molecule has 0 aliphatic heterocycles. The third-order valence-corrected chi connectivity index (χ3v) is 9.84. The van der Waals surface area contributed by atoms with Crippen molar-refractivity contribution in [1.82, 2.24) is 0 Å². The number of esters is 3. The lowest BCUT2D eigenvalue weighted by Crippen LogP contribution is -2.30. The van der Waals surface area contributed by atoms with Crippen molar-refractivity contribution >= 4 is 17.9 Å². The molecule has 0 radical (unpaired) electrons. The molecular formula is C56H88O6. The van der Waals surface area contributed by atoms with E-state index < -0.39 is 6.10 Å². The molecule has 0 saturated carbocycles. The molecule has 1 unspecified atom stereocenters. The summed E-state index contributed by atoms with van der Waals surface area (Å²) in [5.74, 6) is -1.03. The van der Waals surface area contributed by atoms with Crippen LogP contribution in [-0.4, -0.2) is 37.2 Å². The average molecular weight is 857 g/mol. The summed E-state index contributed by atoms with van der Waals surface area (Å²) in [6.45, 7) is 6.25. The van der Waals surface area contributed by atoms with Crippen LogP contribution in [0.1, 0.15) is 194 Å². The summed E-state index contributed by atoms with van der Waals surface area (Å²) in [4.78, 5) is 37.9. The van der Waals surface area contributed by atoms with Gasteiger partial charge in [0.1, 0.15) is 13.2 Å². The highest BCUT2D eigenvalue weighted by atomic mass is 16.6. The van der Waals surface area contributed by atoms with E-state index in [0.717, 1.165) is 116 Å². The predicted molar refractivity (Wildman–Crippen MR) is 265 cm³/mol. The van der Waals surface area contributed by atoms with E-state index in [-0.39, 0.29) is 44.0 Å². The van der Waals surface area contributed by atoms with Crippen LogP contribution >= 0.6 is 0 Å². The van der Waals surface area contributed by atoms with Crippen LogP contribution in [-0.2, 0) is 28.6 Å². The van der Waals surface area contributed by atoms with Crippen LogP contribution in [0.2, 0.25) is 0 Å². The lowest BCUT2D eigenvalue weighted by Gasteiger charge is -2.18. The minimum absolute atomic E-state index is 0.118. The summed E-state index contributed by atoms with van der Waals surface area (Å²) >= 11 is 0. The second kappa shape index (κ2) is 49.5. The van der Waals surface area contributed by atoms with E-state index in [1.54, 1.807) is 0 Å². The van der Waals surface area contributed by atoms with Gasteiger partial charge in [0.2, 0.25) is 0 Å². The number of carbonyl (C=O) groups is 3. The molecule has 0 aromatic carbocycles. The molecule has 0 aromatic rings. The molecule has 0 aliphatic rings. The Bertz CT molecular complexity index is 1350. The van der Waals surface area contributed by atoms with E-state index in [4.69, 9.17) is 14.2 Å². The van der Waals surface area contributed by atoms with Crippen LogP contribution in [0.5, 0.6) is 0 Å². The van der Waals surface area contributed by atoms with Gasteiger partial charge in [0, 0.05) is 19.3 Å². The van der Waals surface area contributed by atoms with Crippen molar-refractivity contribution in [3.05, 3.63) is 122 Å². The Balaban J connectivity index is 4.52. The van der Waals surface area contributed by atoms with Gasteiger partial charge in [0.25, 0.3) is 0 Å². The lowest BCUT2D eigenvalue weighted by molar-refractivity contribution is -0.167. The van der Waals surface area contributed by atoms with Gasteiger partial charge < -0.3 is 14.2 Å². The highest BCUT2D eigenvalue weighted by Crippen LogP contribution is 2.12. The maximum Gasteiger partial charge on any atom is 0.306 e. The van der Waals surface area contributed by atoms with Gasteiger partial charge in [0.05, 0.1) is 0 Å². The molecule has 1 atom stereocenters. The molecule has 0 heterocycles. The smallest absolute Gasteiger partial charge is 0.306 e. The molecule has 0 fully saturated rings. The minimum atomic E-state index is -0.822. The first kappa shape index (κ1) is 57.8. The third-order valence-electron chi connectivity index (χ3n) is 9.84. The Labute approximate surface area is 380 Å². The standard InChI is InChI=1S/C56H88O6/c1-4-7-10-13-16-19-22-24-26-27-28-30-31-34-37-40-43-46-49-55(58)61-52-53(51-60-54(57)48-45-42-39-36-33-21-18-15-12-9-6-3)62-56(59)50-47-44-41-38-35-32-29-25-23-20-17-14-11-8-5-2/h8-9,11-12,14,17-18,20-30,36,39,53H,4-7,10,13,15-16,19,31-35,37-38,40-52H2,1-3H3/b11-8-,12-9-,17-14-,21-18-,23-20-,24-22-,27-26-,29-25-,30-28-,39-36-. The van der Waals surface area contributed by atoms with Gasteiger partial charge in [-0.05, 0) is 89.9 Å². The van der Waals surface area contributed by atoms with Gasteiger partial charge in [-0.2, -0.15) is 0 Å². The van der Waals surface area contributed by atoms with Crippen LogP contribution in [0, 0.1) is 0 Å². The van der Waals surface area contributed by atoms with E-state index in [9.17, 15) is 14.4 Å².